The number of ether oxygens (including phenoxy) is 1. The Bertz CT molecular complexity index is 534. The van der Waals surface area contributed by atoms with E-state index in [9.17, 15) is 4.79 Å². The number of hydrogen-bond acceptors (Lipinski definition) is 3. The Morgan fingerprint density at radius 2 is 2.33 bits per heavy atom. The molecular weight excluding hydrogens is 254 g/mol. The minimum atomic E-state index is -0.674. The Kier molecular flexibility index (Phi) is 5.24. The summed E-state index contributed by atoms with van der Waals surface area (Å²) in [6.07, 6.45) is 1.40. The third-order valence-electron chi connectivity index (χ3n) is 2.09. The third-order valence-corrected chi connectivity index (χ3v) is 2.41. The van der Waals surface area contributed by atoms with Crippen LogP contribution in [0.1, 0.15) is 18.1 Å². The van der Waals surface area contributed by atoms with Crippen LogP contribution in [0.3, 0.4) is 0 Å². The number of carbonyl (C=O) groups is 1. The molecule has 0 aliphatic heterocycles. The largest absolute Gasteiger partial charge is 0.462 e. The van der Waals surface area contributed by atoms with Crippen LogP contribution in [0.4, 0.5) is 0 Å². The molecule has 0 amide bonds. The summed E-state index contributed by atoms with van der Waals surface area (Å²) in [5.74, 6) is -0.674. The second-order valence-electron chi connectivity index (χ2n) is 3.46. The molecule has 0 N–H and O–H groups in total. The second kappa shape index (κ2) is 6.69. The number of aryl methyl sites for hydroxylation is 1. The molecule has 0 unspecified atom stereocenters. The Morgan fingerprint density at radius 3 is 2.89 bits per heavy atom. The number of rotatable bonds is 4. The first-order valence-corrected chi connectivity index (χ1v) is 5.66. The zero-order chi connectivity index (χ0) is 13.5. The van der Waals surface area contributed by atoms with Crippen molar-refractivity contribution in [2.24, 2.45) is 5.11 Å². The first kappa shape index (κ1) is 14.1. The van der Waals surface area contributed by atoms with Gasteiger partial charge in [0.1, 0.15) is 5.70 Å². The van der Waals surface area contributed by atoms with Crippen molar-refractivity contribution in [2.45, 2.75) is 13.8 Å². The van der Waals surface area contributed by atoms with E-state index < -0.39 is 5.97 Å². The Labute approximate surface area is 110 Å². The van der Waals surface area contributed by atoms with Gasteiger partial charge in [-0.1, -0.05) is 28.8 Å². The van der Waals surface area contributed by atoms with E-state index in [2.05, 4.69) is 10.0 Å². The Morgan fingerprint density at radius 1 is 1.61 bits per heavy atom. The standard InChI is InChI=1S/C12H12ClN3O2/c1-3-18-12(17)11(15-16-14)7-9-5-4-8(2)6-10(9)13/h4-7H,3H2,1-2H3/b11-7-. The lowest BCUT2D eigenvalue weighted by molar-refractivity contribution is -0.138. The van der Waals surface area contributed by atoms with Crippen molar-refractivity contribution in [1.29, 1.82) is 0 Å². The van der Waals surface area contributed by atoms with E-state index in [0.29, 0.717) is 10.6 Å². The van der Waals surface area contributed by atoms with Crippen molar-refractivity contribution in [2.75, 3.05) is 6.61 Å². The van der Waals surface area contributed by atoms with Gasteiger partial charge in [-0.3, -0.25) is 0 Å². The van der Waals surface area contributed by atoms with Gasteiger partial charge in [-0.15, -0.1) is 0 Å². The Balaban J connectivity index is 3.15. The van der Waals surface area contributed by atoms with Gasteiger partial charge in [-0.25, -0.2) is 4.79 Å². The highest BCUT2D eigenvalue weighted by molar-refractivity contribution is 6.32. The van der Waals surface area contributed by atoms with Crippen molar-refractivity contribution >= 4 is 23.6 Å². The Hall–Kier alpha value is -1.97. The van der Waals surface area contributed by atoms with Gasteiger partial charge < -0.3 is 4.74 Å². The van der Waals surface area contributed by atoms with Crippen LogP contribution in [-0.4, -0.2) is 12.6 Å². The molecule has 0 aromatic heterocycles. The van der Waals surface area contributed by atoms with Crippen LogP contribution in [0.25, 0.3) is 16.5 Å². The molecule has 94 valence electrons. The van der Waals surface area contributed by atoms with Gasteiger partial charge in [-0.05, 0) is 42.6 Å². The first-order valence-electron chi connectivity index (χ1n) is 5.28. The fraction of sp³-hybridized carbons (Fsp3) is 0.250. The van der Waals surface area contributed by atoms with E-state index in [0.717, 1.165) is 5.56 Å². The topological polar surface area (TPSA) is 75.1 Å². The van der Waals surface area contributed by atoms with Gasteiger partial charge >= 0.3 is 5.97 Å². The van der Waals surface area contributed by atoms with E-state index in [1.54, 1.807) is 19.1 Å². The molecular formula is C12H12ClN3O2. The normalized spacial score (nSPS) is 10.7. The van der Waals surface area contributed by atoms with Gasteiger partial charge in [0.25, 0.3) is 0 Å². The number of benzene rings is 1. The van der Waals surface area contributed by atoms with Crippen molar-refractivity contribution in [3.05, 3.63) is 50.5 Å². The molecule has 18 heavy (non-hydrogen) atoms. The average molecular weight is 266 g/mol. The number of esters is 1. The van der Waals surface area contributed by atoms with Gasteiger partial charge in [0.15, 0.2) is 0 Å². The van der Waals surface area contributed by atoms with Crippen LogP contribution >= 0.6 is 11.6 Å². The predicted octanol–water partition coefficient (Wildman–Crippen LogP) is 3.86. The molecule has 0 aliphatic carbocycles. The van der Waals surface area contributed by atoms with E-state index in [1.165, 1.54) is 6.08 Å². The fourth-order valence-electron chi connectivity index (χ4n) is 1.28. The first-order chi connectivity index (χ1) is 8.58. The SMILES string of the molecule is CCOC(=O)/C(=C/c1ccc(C)cc1Cl)N=[N+]=[N-]. The number of azide groups is 1. The molecule has 0 saturated carbocycles. The lowest BCUT2D eigenvalue weighted by Crippen LogP contribution is -2.05. The lowest BCUT2D eigenvalue weighted by atomic mass is 10.1. The van der Waals surface area contributed by atoms with E-state index >= 15 is 0 Å². The second-order valence-corrected chi connectivity index (χ2v) is 3.87. The number of nitrogens with zero attached hydrogens (tertiary/aromatic N) is 3. The molecule has 0 fully saturated rings. The summed E-state index contributed by atoms with van der Waals surface area (Å²) in [6, 6.07) is 5.34. The number of halogens is 1. The monoisotopic (exact) mass is 265 g/mol. The predicted molar refractivity (Wildman–Crippen MR) is 69.9 cm³/mol. The third kappa shape index (κ3) is 3.80. The van der Waals surface area contributed by atoms with E-state index in [1.807, 2.05) is 13.0 Å². The molecule has 1 aromatic rings. The van der Waals surface area contributed by atoms with E-state index in [4.69, 9.17) is 21.9 Å². The molecule has 0 spiro atoms. The molecule has 0 heterocycles. The highest BCUT2D eigenvalue weighted by Crippen LogP contribution is 2.21. The van der Waals surface area contributed by atoms with Crippen LogP contribution in [0.5, 0.6) is 0 Å². The zero-order valence-electron chi connectivity index (χ0n) is 10.1. The van der Waals surface area contributed by atoms with Gasteiger partial charge in [0.05, 0.1) is 6.61 Å². The van der Waals surface area contributed by atoms with Gasteiger partial charge in [0.2, 0.25) is 0 Å². The van der Waals surface area contributed by atoms with Crippen molar-refractivity contribution in [1.82, 2.24) is 0 Å². The molecule has 6 heteroatoms. The fourth-order valence-corrected chi connectivity index (χ4v) is 1.57. The molecule has 1 aromatic carbocycles. The number of carbonyl (C=O) groups excluding carboxylic acids is 1. The van der Waals surface area contributed by atoms with Crippen LogP contribution in [0, 0.1) is 6.92 Å². The molecule has 0 atom stereocenters. The summed E-state index contributed by atoms with van der Waals surface area (Å²) in [6.45, 7) is 3.78. The van der Waals surface area contributed by atoms with Crippen molar-refractivity contribution in [3.8, 4) is 0 Å². The number of hydrogen-bond donors (Lipinski definition) is 0. The highest BCUT2D eigenvalue weighted by Gasteiger charge is 2.09. The van der Waals surface area contributed by atoms with Gasteiger partial charge in [-0.2, -0.15) is 0 Å². The van der Waals surface area contributed by atoms with Crippen LogP contribution in [0.15, 0.2) is 29.0 Å². The molecule has 5 nitrogen and oxygen atoms in total. The maximum absolute atomic E-state index is 11.5. The van der Waals surface area contributed by atoms with Crippen LogP contribution < -0.4 is 0 Å². The minimum absolute atomic E-state index is 0.120. The van der Waals surface area contributed by atoms with Crippen molar-refractivity contribution < 1.29 is 9.53 Å². The lowest BCUT2D eigenvalue weighted by Gasteiger charge is -2.03. The smallest absolute Gasteiger partial charge is 0.340 e. The summed E-state index contributed by atoms with van der Waals surface area (Å²) >= 11 is 6.02. The maximum Gasteiger partial charge on any atom is 0.340 e. The highest BCUT2D eigenvalue weighted by atomic mass is 35.5. The minimum Gasteiger partial charge on any atom is -0.462 e. The van der Waals surface area contributed by atoms with Crippen LogP contribution in [-0.2, 0) is 9.53 Å². The quantitative estimate of drug-likeness (QED) is 0.272. The van der Waals surface area contributed by atoms with Gasteiger partial charge in [0, 0.05) is 9.93 Å². The zero-order valence-corrected chi connectivity index (χ0v) is 10.8. The van der Waals surface area contributed by atoms with Crippen molar-refractivity contribution in [3.63, 3.8) is 0 Å². The molecule has 0 radical (unpaired) electrons. The average Bonchev–Trinajstić information content (AvgIpc) is 2.32. The molecule has 0 aliphatic rings. The molecule has 1 rings (SSSR count). The summed E-state index contributed by atoms with van der Waals surface area (Å²) in [4.78, 5) is 14.1. The summed E-state index contributed by atoms with van der Waals surface area (Å²) in [5, 5.41) is 3.79. The molecule has 0 bridgehead atoms. The summed E-state index contributed by atoms with van der Waals surface area (Å²) in [7, 11) is 0. The van der Waals surface area contributed by atoms with E-state index in [-0.39, 0.29) is 12.3 Å². The summed E-state index contributed by atoms with van der Waals surface area (Å²) < 4.78 is 4.78. The van der Waals surface area contributed by atoms with Crippen LogP contribution in [0.2, 0.25) is 5.02 Å². The maximum atomic E-state index is 11.5. The molecule has 0 saturated heterocycles. The summed E-state index contributed by atoms with van der Waals surface area (Å²) in [5.41, 5.74) is 9.90.